The molecule has 0 radical (unpaired) electrons. The lowest BCUT2D eigenvalue weighted by Crippen LogP contribution is -2.46. The largest absolute Gasteiger partial charge is 0.380 e. The summed E-state index contributed by atoms with van der Waals surface area (Å²) >= 11 is 1.38. The van der Waals surface area contributed by atoms with Gasteiger partial charge in [-0.1, -0.05) is 13.0 Å². The molecule has 1 amide bonds. The first-order chi connectivity index (χ1) is 12.2. The van der Waals surface area contributed by atoms with Crippen molar-refractivity contribution in [2.24, 2.45) is 0 Å². The number of piperidine rings is 1. The molecule has 2 heterocycles. The molecule has 0 aliphatic carbocycles. The maximum atomic E-state index is 14.4. The Morgan fingerprint density at radius 2 is 2.12 bits per heavy atom. The predicted octanol–water partition coefficient (Wildman–Crippen LogP) is 4.21. The molecule has 144 valence electrons. The van der Waals surface area contributed by atoms with Crippen LogP contribution in [0.3, 0.4) is 0 Å². The third-order valence-electron chi connectivity index (χ3n) is 4.72. The van der Waals surface area contributed by atoms with Gasteiger partial charge in [-0.15, -0.1) is 23.7 Å². The van der Waals surface area contributed by atoms with Crippen LogP contribution in [0.1, 0.15) is 41.4 Å². The number of hydrogen-bond donors (Lipinski definition) is 1. The van der Waals surface area contributed by atoms with E-state index in [0.717, 1.165) is 43.6 Å². The second-order valence-corrected chi connectivity index (χ2v) is 7.49. The number of thiophene rings is 1. The summed E-state index contributed by atoms with van der Waals surface area (Å²) in [6, 6.07) is 5.25. The first-order valence-corrected chi connectivity index (χ1v) is 9.69. The summed E-state index contributed by atoms with van der Waals surface area (Å²) in [5.41, 5.74) is 0.681. The van der Waals surface area contributed by atoms with Gasteiger partial charge < -0.3 is 15.0 Å². The van der Waals surface area contributed by atoms with Crippen molar-refractivity contribution >= 4 is 39.7 Å². The van der Waals surface area contributed by atoms with Crippen LogP contribution in [0, 0.1) is 5.82 Å². The van der Waals surface area contributed by atoms with Gasteiger partial charge in [0.05, 0.1) is 11.5 Å². The molecular weight excluding hydrogens is 375 g/mol. The monoisotopic (exact) mass is 400 g/mol. The van der Waals surface area contributed by atoms with E-state index in [9.17, 15) is 9.18 Å². The Hall–Kier alpha value is -1.21. The molecular formula is C19H26ClFN2O2S. The normalized spacial score (nSPS) is 15.0. The summed E-state index contributed by atoms with van der Waals surface area (Å²) in [5, 5.41) is 3.87. The van der Waals surface area contributed by atoms with Crippen molar-refractivity contribution < 1.29 is 13.9 Å². The van der Waals surface area contributed by atoms with Crippen molar-refractivity contribution in [2.75, 3.05) is 26.7 Å². The van der Waals surface area contributed by atoms with E-state index in [1.54, 1.807) is 13.2 Å². The van der Waals surface area contributed by atoms with Crippen molar-refractivity contribution in [2.45, 2.75) is 38.8 Å². The minimum absolute atomic E-state index is 0. The molecule has 0 spiro atoms. The lowest BCUT2D eigenvalue weighted by Gasteiger charge is -2.34. The molecule has 1 aromatic heterocycles. The molecule has 1 aliphatic heterocycles. The summed E-state index contributed by atoms with van der Waals surface area (Å²) in [6.45, 7) is 4.93. The second kappa shape index (κ2) is 9.65. The SMILES string of the molecule is CCCN(C(=O)c1sc2cccc(F)c2c1COC)C1CCNCC1.Cl. The molecule has 1 aromatic carbocycles. The lowest BCUT2D eigenvalue weighted by atomic mass is 10.0. The molecule has 0 saturated carbocycles. The van der Waals surface area contributed by atoms with Gasteiger partial charge in [0.2, 0.25) is 0 Å². The van der Waals surface area contributed by atoms with Crippen LogP contribution in [-0.2, 0) is 11.3 Å². The molecule has 1 fully saturated rings. The Balaban J connectivity index is 0.00000243. The number of carbonyl (C=O) groups is 1. The van der Waals surface area contributed by atoms with E-state index < -0.39 is 0 Å². The first kappa shape index (κ1) is 21.1. The van der Waals surface area contributed by atoms with E-state index in [0.29, 0.717) is 15.8 Å². The number of ether oxygens (including phenoxy) is 1. The number of nitrogens with zero attached hydrogens (tertiary/aromatic N) is 1. The van der Waals surface area contributed by atoms with Crippen LogP contribution in [-0.4, -0.2) is 43.6 Å². The third-order valence-corrected chi connectivity index (χ3v) is 5.91. The van der Waals surface area contributed by atoms with Crippen LogP contribution >= 0.6 is 23.7 Å². The summed E-state index contributed by atoms with van der Waals surface area (Å²) in [5.74, 6) is -0.273. The standard InChI is InChI=1S/C19H25FN2O2S.ClH/c1-3-11-22(13-7-9-21-10-8-13)19(23)18-14(12-24-2)17-15(20)5-4-6-16(17)25-18;/h4-6,13,21H,3,7-12H2,1-2H3;1H. The molecule has 0 unspecified atom stereocenters. The molecule has 4 nitrogen and oxygen atoms in total. The topological polar surface area (TPSA) is 41.6 Å². The average molecular weight is 401 g/mol. The van der Waals surface area contributed by atoms with Crippen molar-refractivity contribution in [1.82, 2.24) is 10.2 Å². The quantitative estimate of drug-likeness (QED) is 0.789. The highest BCUT2D eigenvalue weighted by Gasteiger charge is 2.29. The zero-order valence-electron chi connectivity index (χ0n) is 15.2. The van der Waals surface area contributed by atoms with Gasteiger partial charge in [0.25, 0.3) is 5.91 Å². The van der Waals surface area contributed by atoms with Gasteiger partial charge in [0.1, 0.15) is 5.82 Å². The number of rotatable bonds is 6. The summed E-state index contributed by atoms with van der Waals surface area (Å²) < 4.78 is 20.5. The van der Waals surface area contributed by atoms with E-state index in [-0.39, 0.29) is 36.8 Å². The molecule has 1 N–H and O–H groups in total. The Bertz CT molecular complexity index is 746. The maximum Gasteiger partial charge on any atom is 0.264 e. The zero-order valence-corrected chi connectivity index (χ0v) is 16.9. The van der Waals surface area contributed by atoms with Gasteiger partial charge in [-0.3, -0.25) is 4.79 Å². The smallest absolute Gasteiger partial charge is 0.264 e. The molecule has 0 bridgehead atoms. The van der Waals surface area contributed by atoms with Crippen LogP contribution in [0.2, 0.25) is 0 Å². The van der Waals surface area contributed by atoms with E-state index in [4.69, 9.17) is 4.74 Å². The van der Waals surface area contributed by atoms with Crippen LogP contribution in [0.25, 0.3) is 10.1 Å². The Labute approximate surface area is 164 Å². The predicted molar refractivity (Wildman–Crippen MR) is 107 cm³/mol. The van der Waals surface area contributed by atoms with Gasteiger partial charge >= 0.3 is 0 Å². The number of methoxy groups -OCH3 is 1. The van der Waals surface area contributed by atoms with Gasteiger partial charge in [-0.25, -0.2) is 4.39 Å². The molecule has 1 saturated heterocycles. The summed E-state index contributed by atoms with van der Waals surface area (Å²) in [6.07, 6.45) is 2.84. The van der Waals surface area contributed by atoms with Crippen LogP contribution < -0.4 is 5.32 Å². The number of hydrogen-bond acceptors (Lipinski definition) is 4. The van der Waals surface area contributed by atoms with Gasteiger partial charge in [-0.05, 0) is 44.5 Å². The van der Waals surface area contributed by atoms with Crippen molar-refractivity contribution in [1.29, 1.82) is 0 Å². The van der Waals surface area contributed by atoms with Crippen LogP contribution in [0.5, 0.6) is 0 Å². The minimum atomic E-state index is -0.288. The van der Waals surface area contributed by atoms with E-state index in [2.05, 4.69) is 12.2 Å². The number of fused-ring (bicyclic) bond motifs is 1. The van der Waals surface area contributed by atoms with Gasteiger partial charge in [0.15, 0.2) is 0 Å². The Kier molecular flexibility index (Phi) is 7.83. The fourth-order valence-electron chi connectivity index (χ4n) is 3.56. The molecule has 0 atom stereocenters. The second-order valence-electron chi connectivity index (χ2n) is 6.44. The van der Waals surface area contributed by atoms with E-state index >= 15 is 0 Å². The molecule has 26 heavy (non-hydrogen) atoms. The van der Waals surface area contributed by atoms with Crippen molar-refractivity contribution in [3.05, 3.63) is 34.5 Å². The molecule has 3 rings (SSSR count). The summed E-state index contributed by atoms with van der Waals surface area (Å²) in [7, 11) is 1.58. The Morgan fingerprint density at radius 3 is 2.77 bits per heavy atom. The summed E-state index contributed by atoms with van der Waals surface area (Å²) in [4.78, 5) is 16.0. The number of benzene rings is 1. The fraction of sp³-hybridized carbons (Fsp3) is 0.526. The Morgan fingerprint density at radius 1 is 1.38 bits per heavy atom. The third kappa shape index (κ3) is 4.19. The molecule has 7 heteroatoms. The van der Waals surface area contributed by atoms with Gasteiger partial charge in [0, 0.05) is 35.3 Å². The zero-order chi connectivity index (χ0) is 17.8. The van der Waals surface area contributed by atoms with E-state index in [1.807, 2.05) is 11.0 Å². The van der Waals surface area contributed by atoms with Crippen LogP contribution in [0.15, 0.2) is 18.2 Å². The first-order valence-electron chi connectivity index (χ1n) is 8.87. The maximum absolute atomic E-state index is 14.4. The van der Waals surface area contributed by atoms with Crippen molar-refractivity contribution in [3.8, 4) is 0 Å². The highest BCUT2D eigenvalue weighted by atomic mass is 35.5. The molecule has 2 aromatic rings. The lowest BCUT2D eigenvalue weighted by molar-refractivity contribution is 0.0644. The number of amides is 1. The number of nitrogens with one attached hydrogen (secondary N) is 1. The number of carbonyl (C=O) groups excluding carboxylic acids is 1. The fourth-order valence-corrected chi connectivity index (χ4v) is 4.74. The number of halogens is 2. The van der Waals surface area contributed by atoms with Gasteiger partial charge in [-0.2, -0.15) is 0 Å². The highest BCUT2D eigenvalue weighted by Crippen LogP contribution is 2.35. The van der Waals surface area contributed by atoms with Crippen molar-refractivity contribution in [3.63, 3.8) is 0 Å². The average Bonchev–Trinajstić information content (AvgIpc) is 3.00. The molecule has 1 aliphatic rings. The minimum Gasteiger partial charge on any atom is -0.380 e. The highest BCUT2D eigenvalue weighted by molar-refractivity contribution is 7.21. The van der Waals surface area contributed by atoms with E-state index in [1.165, 1.54) is 17.4 Å². The van der Waals surface area contributed by atoms with Crippen LogP contribution in [0.4, 0.5) is 4.39 Å².